The molecule has 0 unspecified atom stereocenters. The van der Waals surface area contributed by atoms with Gasteiger partial charge in [-0.3, -0.25) is 9.69 Å². The first-order valence-corrected chi connectivity index (χ1v) is 11.8. The molecule has 0 atom stereocenters. The molecule has 4 heterocycles. The largest absolute Gasteiger partial charge is 0.340 e. The van der Waals surface area contributed by atoms with E-state index >= 15 is 0 Å². The molecule has 1 amide bonds. The number of fused-ring (bicyclic) bond motifs is 3. The van der Waals surface area contributed by atoms with Gasteiger partial charge in [-0.2, -0.15) is 0 Å². The second-order valence-electron chi connectivity index (χ2n) is 7.73. The van der Waals surface area contributed by atoms with Crippen molar-refractivity contribution in [1.82, 2.24) is 19.8 Å². The molecular weight excluding hydrogens is 453 g/mol. The maximum atomic E-state index is 12.6. The fraction of sp³-hybridized carbons (Fsp3) is 0.318. The molecule has 6 nitrogen and oxygen atoms in total. The van der Waals surface area contributed by atoms with Crippen LogP contribution in [0, 0.1) is 0 Å². The lowest BCUT2D eigenvalue weighted by Gasteiger charge is -2.29. The number of carbonyl (C=O) groups is 1. The summed E-state index contributed by atoms with van der Waals surface area (Å²) in [7, 11) is 0. The topological polar surface area (TPSA) is 61.4 Å². The van der Waals surface area contributed by atoms with Gasteiger partial charge < -0.3 is 10.2 Å². The number of nitrogens with zero attached hydrogens (tertiary/aromatic N) is 4. The molecule has 0 radical (unpaired) electrons. The van der Waals surface area contributed by atoms with Gasteiger partial charge in [0.1, 0.15) is 17.0 Å². The monoisotopic (exact) mass is 473 g/mol. The van der Waals surface area contributed by atoms with E-state index in [-0.39, 0.29) is 5.91 Å². The standard InChI is InChI=1S/C22H21Cl2N5OS/c23-16-5-4-14(11-17(16)24)27-21-20-15-6-10-29(12-18(15)31-22(20)26-13-25-21)19(30)3-1-7-28-8-2-9-28/h1,3-5,11,13H,2,6-10,12H2,(H,25,26,27). The van der Waals surface area contributed by atoms with E-state index in [9.17, 15) is 4.79 Å². The van der Waals surface area contributed by atoms with Gasteiger partial charge in [0.05, 0.1) is 22.0 Å². The molecule has 1 fully saturated rings. The summed E-state index contributed by atoms with van der Waals surface area (Å²) >= 11 is 13.8. The number of amides is 1. The lowest BCUT2D eigenvalue weighted by Crippen LogP contribution is -2.37. The number of thiophene rings is 1. The molecule has 160 valence electrons. The van der Waals surface area contributed by atoms with E-state index in [1.54, 1.807) is 35.9 Å². The summed E-state index contributed by atoms with van der Waals surface area (Å²) in [6.45, 7) is 4.41. The van der Waals surface area contributed by atoms with E-state index in [4.69, 9.17) is 23.2 Å². The Labute approximate surface area is 194 Å². The van der Waals surface area contributed by atoms with Crippen LogP contribution < -0.4 is 5.32 Å². The number of rotatable bonds is 5. The van der Waals surface area contributed by atoms with Crippen LogP contribution in [0.15, 0.2) is 36.7 Å². The maximum absolute atomic E-state index is 12.6. The quantitative estimate of drug-likeness (QED) is 0.534. The number of anilines is 2. The average Bonchev–Trinajstić information content (AvgIpc) is 3.11. The molecule has 2 aliphatic rings. The zero-order valence-corrected chi connectivity index (χ0v) is 19.1. The molecule has 2 aromatic heterocycles. The highest BCUT2D eigenvalue weighted by Gasteiger charge is 2.25. The number of likely N-dealkylation sites (tertiary alicyclic amines) is 1. The number of aromatic nitrogens is 2. The zero-order valence-electron chi connectivity index (χ0n) is 16.8. The Balaban J connectivity index is 1.36. The normalized spacial score (nSPS) is 16.5. The predicted octanol–water partition coefficient (Wildman–Crippen LogP) is 4.89. The number of halogens is 2. The molecule has 0 spiro atoms. The fourth-order valence-corrected chi connectivity index (χ4v) is 5.39. The van der Waals surface area contributed by atoms with Gasteiger partial charge in [0, 0.05) is 29.7 Å². The van der Waals surface area contributed by atoms with Crippen molar-refractivity contribution in [2.45, 2.75) is 19.4 Å². The van der Waals surface area contributed by atoms with Crippen molar-refractivity contribution >= 4 is 62.2 Å². The Kier molecular flexibility index (Phi) is 5.84. The molecular formula is C22H21Cl2N5OS. The van der Waals surface area contributed by atoms with Crippen molar-refractivity contribution in [3.8, 4) is 0 Å². The summed E-state index contributed by atoms with van der Waals surface area (Å²) in [4.78, 5) is 27.9. The van der Waals surface area contributed by atoms with E-state index in [1.165, 1.54) is 16.9 Å². The maximum Gasteiger partial charge on any atom is 0.246 e. The highest BCUT2D eigenvalue weighted by molar-refractivity contribution is 7.19. The van der Waals surface area contributed by atoms with Crippen LogP contribution >= 0.6 is 34.5 Å². The highest BCUT2D eigenvalue weighted by Crippen LogP contribution is 2.38. The van der Waals surface area contributed by atoms with Crippen molar-refractivity contribution in [3.05, 3.63) is 57.2 Å². The summed E-state index contributed by atoms with van der Waals surface area (Å²) in [5.74, 6) is 0.818. The van der Waals surface area contributed by atoms with Gasteiger partial charge in [-0.25, -0.2) is 9.97 Å². The van der Waals surface area contributed by atoms with Gasteiger partial charge in [0.2, 0.25) is 5.91 Å². The van der Waals surface area contributed by atoms with E-state index in [0.29, 0.717) is 23.1 Å². The molecule has 0 aliphatic carbocycles. The van der Waals surface area contributed by atoms with Gasteiger partial charge in [-0.15, -0.1) is 11.3 Å². The minimum Gasteiger partial charge on any atom is -0.340 e. The molecule has 31 heavy (non-hydrogen) atoms. The molecule has 0 saturated carbocycles. The molecule has 2 aliphatic heterocycles. The Morgan fingerprint density at radius 2 is 2.06 bits per heavy atom. The van der Waals surface area contributed by atoms with Crippen LogP contribution in [0.3, 0.4) is 0 Å². The van der Waals surface area contributed by atoms with Crippen molar-refractivity contribution in [1.29, 1.82) is 0 Å². The number of hydrogen-bond acceptors (Lipinski definition) is 6. The Hall–Kier alpha value is -2.19. The third kappa shape index (κ3) is 4.28. The molecule has 1 aromatic carbocycles. The minimum absolute atomic E-state index is 0.0730. The van der Waals surface area contributed by atoms with Crippen molar-refractivity contribution in [3.63, 3.8) is 0 Å². The van der Waals surface area contributed by atoms with Crippen molar-refractivity contribution in [2.24, 2.45) is 0 Å². The third-order valence-corrected chi connectivity index (χ3v) is 7.57. The zero-order chi connectivity index (χ0) is 21.4. The lowest BCUT2D eigenvalue weighted by molar-refractivity contribution is -0.126. The summed E-state index contributed by atoms with van der Waals surface area (Å²) in [5.41, 5.74) is 2.03. The summed E-state index contributed by atoms with van der Waals surface area (Å²) < 4.78 is 0. The van der Waals surface area contributed by atoms with Gasteiger partial charge in [0.25, 0.3) is 0 Å². The van der Waals surface area contributed by atoms with Crippen LogP contribution in [0.4, 0.5) is 11.5 Å². The second-order valence-corrected chi connectivity index (χ2v) is 9.62. The SMILES string of the molecule is O=C(C=CCN1CCC1)N1CCc2c(sc3ncnc(Nc4ccc(Cl)c(Cl)c4)c23)C1. The summed E-state index contributed by atoms with van der Waals surface area (Å²) in [6.07, 6.45) is 7.30. The molecule has 9 heteroatoms. The molecule has 5 rings (SSSR count). The average molecular weight is 474 g/mol. The first kappa shape index (κ1) is 20.7. The first-order valence-electron chi connectivity index (χ1n) is 10.2. The minimum atomic E-state index is 0.0730. The van der Waals surface area contributed by atoms with Crippen molar-refractivity contribution < 1.29 is 4.79 Å². The van der Waals surface area contributed by atoms with Crippen LogP contribution in [0.1, 0.15) is 16.9 Å². The highest BCUT2D eigenvalue weighted by atomic mass is 35.5. The summed E-state index contributed by atoms with van der Waals surface area (Å²) in [5, 5.41) is 5.37. The number of carbonyl (C=O) groups excluding carboxylic acids is 1. The van der Waals surface area contributed by atoms with Crippen LogP contribution in [0.5, 0.6) is 0 Å². The Morgan fingerprint density at radius 3 is 2.84 bits per heavy atom. The Morgan fingerprint density at radius 1 is 1.19 bits per heavy atom. The fourth-order valence-electron chi connectivity index (χ4n) is 3.89. The molecule has 1 N–H and O–H groups in total. The number of benzene rings is 1. The first-order chi connectivity index (χ1) is 15.1. The van der Waals surface area contributed by atoms with Gasteiger partial charge in [0.15, 0.2) is 0 Å². The van der Waals surface area contributed by atoms with Gasteiger partial charge in [-0.05, 0) is 49.7 Å². The lowest BCUT2D eigenvalue weighted by atomic mass is 10.0. The van der Waals surface area contributed by atoms with Crippen LogP contribution in [-0.2, 0) is 17.8 Å². The molecule has 0 bridgehead atoms. The van der Waals surface area contributed by atoms with Gasteiger partial charge in [-0.1, -0.05) is 29.3 Å². The van der Waals surface area contributed by atoms with E-state index in [0.717, 1.165) is 47.8 Å². The Bertz CT molecular complexity index is 1170. The third-order valence-electron chi connectivity index (χ3n) is 5.70. The number of hydrogen-bond donors (Lipinski definition) is 1. The van der Waals surface area contributed by atoms with Gasteiger partial charge >= 0.3 is 0 Å². The van der Waals surface area contributed by atoms with Crippen molar-refractivity contribution in [2.75, 3.05) is 31.5 Å². The van der Waals surface area contributed by atoms with Crippen LogP contribution in [0.25, 0.3) is 10.2 Å². The van der Waals surface area contributed by atoms with E-state index in [1.807, 2.05) is 17.0 Å². The van der Waals surface area contributed by atoms with E-state index in [2.05, 4.69) is 20.2 Å². The van der Waals surface area contributed by atoms with Crippen LogP contribution in [-0.4, -0.2) is 51.9 Å². The second kappa shape index (κ2) is 8.74. The molecule has 1 saturated heterocycles. The smallest absolute Gasteiger partial charge is 0.246 e. The summed E-state index contributed by atoms with van der Waals surface area (Å²) in [6, 6.07) is 5.41. The van der Waals surface area contributed by atoms with E-state index < -0.39 is 0 Å². The molecule has 3 aromatic rings. The number of nitrogens with one attached hydrogen (secondary N) is 1. The van der Waals surface area contributed by atoms with Crippen LogP contribution in [0.2, 0.25) is 10.0 Å². The predicted molar refractivity (Wildman–Crippen MR) is 126 cm³/mol.